The van der Waals surface area contributed by atoms with Crippen molar-refractivity contribution in [1.82, 2.24) is 44.2 Å². The summed E-state index contributed by atoms with van der Waals surface area (Å²) >= 11 is 1.72. The van der Waals surface area contributed by atoms with E-state index in [1.165, 1.54) is 17.7 Å². The fraction of sp³-hybridized carbons (Fsp3) is 0.451. The van der Waals surface area contributed by atoms with Gasteiger partial charge in [-0.2, -0.15) is 0 Å². The molecule has 8 aromatic rings. The Morgan fingerprint density at radius 3 is 2.03 bits per heavy atom. The van der Waals surface area contributed by atoms with Gasteiger partial charge in [-0.15, -0.1) is 11.3 Å². The number of hydrogen-bond acceptors (Lipinski definition) is 14. The molecule has 6 unspecified atom stereocenters. The number of imidazole rings is 1. The molecule has 0 bridgehead atoms. The van der Waals surface area contributed by atoms with Crippen molar-refractivity contribution >= 4 is 38.8 Å². The Kier molecular flexibility index (Phi) is 20.0. The number of nitrogens with zero attached hydrogens (tertiary/aromatic N) is 12. The van der Waals surface area contributed by atoms with Crippen molar-refractivity contribution in [1.29, 1.82) is 0 Å². The van der Waals surface area contributed by atoms with Crippen LogP contribution in [0.25, 0.3) is 0 Å². The van der Waals surface area contributed by atoms with Crippen LogP contribution in [0, 0.1) is 22.7 Å². The third-order valence-electron chi connectivity index (χ3n) is 20.4. The Balaban J connectivity index is 1.41. The zero-order chi connectivity index (χ0) is 61.1. The smallest absolute Gasteiger partial charge is 0.200 e. The average Bonchev–Trinajstić information content (AvgIpc) is 0.904. The number of sulfone groups is 1. The summed E-state index contributed by atoms with van der Waals surface area (Å²) in [7, 11) is 5.20. The third-order valence-corrected chi connectivity index (χ3v) is 22.1. The van der Waals surface area contributed by atoms with Crippen LogP contribution in [0.4, 0.5) is 11.4 Å². The largest absolute Gasteiger partial charge is 0.449 e. The van der Waals surface area contributed by atoms with Crippen LogP contribution in [0.3, 0.4) is 0 Å². The van der Waals surface area contributed by atoms with Crippen LogP contribution in [-0.2, 0) is 49.2 Å². The van der Waals surface area contributed by atoms with Crippen LogP contribution < -0.4 is 4.90 Å². The number of thiazole rings is 1. The van der Waals surface area contributed by atoms with Crippen LogP contribution in [0.15, 0.2) is 186 Å². The second-order valence-corrected chi connectivity index (χ2v) is 28.9. The number of rotatable bonds is 28. The van der Waals surface area contributed by atoms with Gasteiger partial charge in [-0.05, 0) is 135 Å². The molecule has 15 nitrogen and oxygen atoms in total. The van der Waals surface area contributed by atoms with E-state index in [0.29, 0.717) is 88.0 Å². The van der Waals surface area contributed by atoms with Crippen molar-refractivity contribution in [2.45, 2.75) is 94.8 Å². The number of oxazole rings is 1. The molecular weight excluding hydrogens is 1130 g/mol. The molecule has 4 aromatic heterocycles. The second-order valence-electron chi connectivity index (χ2n) is 25.7. The fourth-order valence-corrected chi connectivity index (χ4v) is 18.0. The molecule has 11 rings (SSSR count). The van der Waals surface area contributed by atoms with E-state index >= 15 is 0 Å². The Morgan fingerprint density at radius 1 is 0.727 bits per heavy atom. The van der Waals surface area contributed by atoms with Gasteiger partial charge < -0.3 is 33.1 Å². The topological polar surface area (TPSA) is 142 Å². The van der Waals surface area contributed by atoms with E-state index in [2.05, 4.69) is 191 Å². The highest BCUT2D eigenvalue weighted by Crippen LogP contribution is 2.75. The first-order chi connectivity index (χ1) is 42.8. The fourth-order valence-electron chi connectivity index (χ4n) is 16.7. The first-order valence-electron chi connectivity index (χ1n) is 31.7. The summed E-state index contributed by atoms with van der Waals surface area (Å²) in [6.07, 6.45) is 24.7. The molecule has 3 aliphatic heterocycles. The van der Waals surface area contributed by atoms with Gasteiger partial charge in [0.15, 0.2) is 11.7 Å². The van der Waals surface area contributed by atoms with Crippen LogP contribution in [0.1, 0.15) is 85.0 Å². The van der Waals surface area contributed by atoms with Gasteiger partial charge in [0.2, 0.25) is 0 Å². The maximum Gasteiger partial charge on any atom is 0.200 e. The number of para-hydroxylation sites is 2. The lowest BCUT2D eigenvalue weighted by atomic mass is 9.35. The van der Waals surface area contributed by atoms with Crippen LogP contribution >= 0.6 is 11.3 Å². The summed E-state index contributed by atoms with van der Waals surface area (Å²) in [5.74, 6) is 3.52. The Labute approximate surface area is 527 Å². The van der Waals surface area contributed by atoms with Crippen LogP contribution in [0.5, 0.6) is 0 Å². The van der Waals surface area contributed by atoms with Gasteiger partial charge >= 0.3 is 0 Å². The van der Waals surface area contributed by atoms with Crippen molar-refractivity contribution in [2.75, 3.05) is 90.4 Å². The minimum absolute atomic E-state index is 0.0418. The molecule has 0 N–H and O–H groups in total. The van der Waals surface area contributed by atoms with E-state index in [1.54, 1.807) is 17.6 Å². The maximum absolute atomic E-state index is 14.9. The van der Waals surface area contributed by atoms with Gasteiger partial charge in [-0.3, -0.25) is 4.99 Å². The highest BCUT2D eigenvalue weighted by molar-refractivity contribution is 7.90. The summed E-state index contributed by atoms with van der Waals surface area (Å²) in [6, 6.07) is 45.3. The molecule has 7 heterocycles. The van der Waals surface area contributed by atoms with Crippen molar-refractivity contribution in [3.05, 3.63) is 216 Å². The van der Waals surface area contributed by atoms with E-state index < -0.39 is 31.7 Å². The molecule has 6 atom stereocenters. The Bertz CT molecular complexity index is 3460. The summed E-state index contributed by atoms with van der Waals surface area (Å²) in [5, 5.41) is 3.15. The predicted octanol–water partition coefficient (Wildman–Crippen LogP) is 11.5. The normalized spacial score (nSPS) is 24.8. The van der Waals surface area contributed by atoms with Gasteiger partial charge in [0.1, 0.15) is 46.1 Å². The van der Waals surface area contributed by atoms with Crippen LogP contribution in [0.2, 0.25) is 0 Å². The summed E-state index contributed by atoms with van der Waals surface area (Å²) in [5.41, 5.74) is 0.635. The minimum atomic E-state index is -3.64. The average molecular weight is 1220 g/mol. The standard InChI is InChI=1S/C71H90N12O3S2/c1-78(2)43-32-68(57-72-53-58-22-10-6-11-23-58)63(31-49-88(5,84)85)71(60-26-20-40-79(3)54-60,34-45-82(61-27-14-8-15-28-61)62-29-16-9-17-30-62)83(55-59-24-12-7-13-25-59,56-65-75-37-46-80(65)4)70(51-66-76-38-47-86-66,52-67-77-39-48-87-67)69(68,33-44-81-41-18-19-42-81)50-64-73-35-21-36-74-64/h6-17,21-25,27-30,35-39,46-48,53,60H,18-20,26,31-34,40-45,49-52,54-57H2,1-5H3/q+1. The lowest BCUT2D eigenvalue weighted by Crippen LogP contribution is -2.91. The number of aliphatic imine (C=N–C) groups is 1. The minimum Gasteiger partial charge on any atom is -0.449 e. The molecule has 0 amide bonds. The Hall–Kier alpha value is -6.73. The number of aryl methyl sites for hydroxylation is 1. The number of anilines is 2. The van der Waals surface area contributed by atoms with E-state index in [1.807, 2.05) is 37.1 Å². The number of aromatic nitrogens is 6. The molecule has 88 heavy (non-hydrogen) atoms. The number of likely N-dealkylation sites (tertiary alicyclic amines) is 3. The number of piperidine rings is 2. The molecule has 4 aromatic carbocycles. The van der Waals surface area contributed by atoms with E-state index in [4.69, 9.17) is 34.3 Å². The van der Waals surface area contributed by atoms with E-state index in [0.717, 1.165) is 92.0 Å². The maximum atomic E-state index is 14.9. The zero-order valence-electron chi connectivity index (χ0n) is 52.4. The lowest BCUT2D eigenvalue weighted by Gasteiger charge is -2.80. The highest BCUT2D eigenvalue weighted by Gasteiger charge is 2.84. The summed E-state index contributed by atoms with van der Waals surface area (Å²) < 4.78 is 39.5. The summed E-state index contributed by atoms with van der Waals surface area (Å²) in [6.45, 7) is 7.17. The molecule has 17 heteroatoms. The molecule has 3 aliphatic rings. The summed E-state index contributed by atoms with van der Waals surface area (Å²) in [4.78, 5) is 43.1. The first kappa shape index (κ1) is 62.9. The third kappa shape index (κ3) is 13.1. The van der Waals surface area contributed by atoms with Crippen molar-refractivity contribution < 1.29 is 17.3 Å². The van der Waals surface area contributed by atoms with Gasteiger partial charge in [0.25, 0.3) is 0 Å². The van der Waals surface area contributed by atoms with Gasteiger partial charge in [0.05, 0.1) is 29.8 Å². The molecule has 0 aliphatic carbocycles. The van der Waals surface area contributed by atoms with Gasteiger partial charge in [-0.25, -0.2) is 33.3 Å². The number of benzene rings is 4. The van der Waals surface area contributed by atoms with Crippen molar-refractivity contribution in [3.63, 3.8) is 0 Å². The second kappa shape index (κ2) is 28.0. The molecule has 463 valence electrons. The van der Waals surface area contributed by atoms with Crippen LogP contribution in [-0.4, -0.2) is 160 Å². The van der Waals surface area contributed by atoms with Gasteiger partial charge in [0, 0.05) is 128 Å². The SMILES string of the molecule is CN(C)CCC1(CN=Cc2ccccc2)[C](CCS(C)(=O)=O)C(CCN(c2ccccc2)c2ccccc2)(C2CCCN(C)C2)[N+](Cc2ccccc2)(Cc2nccn2C)C(Cc2ncco2)(Cc2nccs2)C1(CCN1CCCC1)Cc1ncccn1. The Morgan fingerprint density at radius 2 is 1.42 bits per heavy atom. The molecule has 0 saturated carbocycles. The molecule has 0 spiro atoms. The molecule has 3 fully saturated rings. The van der Waals surface area contributed by atoms with Crippen molar-refractivity contribution in [3.8, 4) is 0 Å². The molecular formula is C71H90N12O3S2+. The van der Waals surface area contributed by atoms with E-state index in [-0.39, 0.29) is 11.7 Å². The van der Waals surface area contributed by atoms with E-state index in [9.17, 15) is 8.42 Å². The number of hydrogen-bond donors (Lipinski definition) is 0. The lowest BCUT2D eigenvalue weighted by molar-refractivity contribution is -1.06. The van der Waals surface area contributed by atoms with Crippen molar-refractivity contribution in [2.24, 2.45) is 28.8 Å². The predicted molar refractivity (Wildman–Crippen MR) is 354 cm³/mol. The first-order valence-corrected chi connectivity index (χ1v) is 34.6. The molecule has 3 saturated heterocycles. The van der Waals surface area contributed by atoms with Gasteiger partial charge in [-0.1, -0.05) is 97.1 Å². The monoisotopic (exact) mass is 1220 g/mol. The number of quaternary nitrogens is 1. The zero-order valence-corrected chi connectivity index (χ0v) is 54.0. The molecule has 1 radical (unpaired) electrons. The highest BCUT2D eigenvalue weighted by atomic mass is 32.2. The quantitative estimate of drug-likeness (QED) is 0.0340.